The van der Waals surface area contributed by atoms with Crippen molar-refractivity contribution in [2.45, 2.75) is 34.1 Å². The third-order valence-electron chi connectivity index (χ3n) is 1.07. The second kappa shape index (κ2) is 36.0. The summed E-state index contributed by atoms with van der Waals surface area (Å²) in [5, 5.41) is 0. The fourth-order valence-corrected chi connectivity index (χ4v) is 0.611. The van der Waals surface area contributed by atoms with E-state index in [1.54, 1.807) is 0 Å². The van der Waals surface area contributed by atoms with Gasteiger partial charge in [0.2, 0.25) is 0 Å². The summed E-state index contributed by atoms with van der Waals surface area (Å²) >= 11 is 0. The van der Waals surface area contributed by atoms with E-state index >= 15 is 0 Å². The van der Waals surface area contributed by atoms with E-state index in [4.69, 9.17) is 9.47 Å². The minimum Gasteiger partial charge on any atom is -0.379 e. The average Bonchev–Trinajstić information content (AvgIpc) is 1.97. The molecule has 0 atom stereocenters. The van der Waals surface area contributed by atoms with Crippen LogP contribution < -0.4 is 0 Å². The van der Waals surface area contributed by atoms with Crippen molar-refractivity contribution in [2.75, 3.05) is 26.4 Å². The Morgan fingerprint density at radius 1 is 0.667 bits per heavy atom. The summed E-state index contributed by atoms with van der Waals surface area (Å²) in [6.07, 6.45) is 2.18. The predicted octanol–water partition coefficient (Wildman–Crippen LogP) is 3.37. The van der Waals surface area contributed by atoms with Gasteiger partial charge in [0.15, 0.2) is 0 Å². The molecule has 0 aromatic heterocycles. The van der Waals surface area contributed by atoms with Gasteiger partial charge >= 0.3 is 0 Å². The van der Waals surface area contributed by atoms with Gasteiger partial charge in [0, 0.05) is 78.6 Å². The van der Waals surface area contributed by atoms with Gasteiger partial charge in [-0.05, 0) is 12.8 Å². The second-order valence-electron chi connectivity index (χ2n) is 2.22. The fourth-order valence-electron chi connectivity index (χ4n) is 0.611. The SMILES string of the molecule is C.CCCOCCOCCC.[CH3-].[CH3-].[Y].[Y]. The van der Waals surface area contributed by atoms with Crippen molar-refractivity contribution in [2.24, 2.45) is 0 Å². The molecule has 92 valence electrons. The van der Waals surface area contributed by atoms with Gasteiger partial charge < -0.3 is 24.3 Å². The Hall–Kier alpha value is 2.13. The molecule has 0 unspecified atom stereocenters. The molecule has 0 aliphatic rings. The van der Waals surface area contributed by atoms with E-state index < -0.39 is 0 Å². The van der Waals surface area contributed by atoms with Crippen LogP contribution in [0.1, 0.15) is 34.1 Å². The largest absolute Gasteiger partial charge is 0.379 e. The molecule has 2 nitrogen and oxygen atoms in total. The monoisotopic (exact) mass is 370 g/mol. The van der Waals surface area contributed by atoms with Crippen molar-refractivity contribution in [3.63, 3.8) is 0 Å². The zero-order chi connectivity index (χ0) is 7.66. The van der Waals surface area contributed by atoms with Crippen molar-refractivity contribution in [3.05, 3.63) is 14.9 Å². The molecule has 0 fully saturated rings. The maximum atomic E-state index is 5.20. The van der Waals surface area contributed by atoms with E-state index in [-0.39, 0.29) is 87.7 Å². The average molecular weight is 370 g/mol. The van der Waals surface area contributed by atoms with Crippen molar-refractivity contribution in [1.29, 1.82) is 0 Å². The summed E-state index contributed by atoms with van der Waals surface area (Å²) in [4.78, 5) is 0. The summed E-state index contributed by atoms with van der Waals surface area (Å²) in [7, 11) is 0. The van der Waals surface area contributed by atoms with Crippen molar-refractivity contribution in [3.8, 4) is 0 Å². The molecule has 0 spiro atoms. The molecule has 0 saturated heterocycles. The van der Waals surface area contributed by atoms with E-state index in [0.29, 0.717) is 0 Å². The minimum atomic E-state index is 0. The van der Waals surface area contributed by atoms with Gasteiger partial charge in [-0.2, -0.15) is 0 Å². The maximum Gasteiger partial charge on any atom is 0.0700 e. The van der Waals surface area contributed by atoms with Crippen molar-refractivity contribution >= 4 is 0 Å². The molecular formula is C11H28O2Y2-2. The number of hydrogen-bond donors (Lipinski definition) is 0. The summed E-state index contributed by atoms with van der Waals surface area (Å²) in [6, 6.07) is 0. The van der Waals surface area contributed by atoms with Gasteiger partial charge in [-0.25, -0.2) is 0 Å². The van der Waals surface area contributed by atoms with Crippen LogP contribution in [0.4, 0.5) is 0 Å². The zero-order valence-electron chi connectivity index (χ0n) is 10.2. The van der Waals surface area contributed by atoms with Crippen molar-refractivity contribution in [1.82, 2.24) is 0 Å². The molecule has 0 aromatic carbocycles. The molecule has 0 bridgehead atoms. The third-order valence-corrected chi connectivity index (χ3v) is 1.07. The van der Waals surface area contributed by atoms with Crippen LogP contribution in [0.5, 0.6) is 0 Å². The topological polar surface area (TPSA) is 18.5 Å². The van der Waals surface area contributed by atoms with Crippen LogP contribution in [-0.2, 0) is 74.9 Å². The predicted molar refractivity (Wildman–Crippen MR) is 61.8 cm³/mol. The van der Waals surface area contributed by atoms with Crippen LogP contribution in [0, 0.1) is 14.9 Å². The van der Waals surface area contributed by atoms with Gasteiger partial charge in [0.25, 0.3) is 0 Å². The normalized spacial score (nSPS) is 6.80. The summed E-state index contributed by atoms with van der Waals surface area (Å²) in [5.74, 6) is 0. The summed E-state index contributed by atoms with van der Waals surface area (Å²) in [6.45, 7) is 7.41. The first kappa shape index (κ1) is 36.0. The quantitative estimate of drug-likeness (QED) is 0.506. The third kappa shape index (κ3) is 38.6. The van der Waals surface area contributed by atoms with Gasteiger partial charge in [0.05, 0.1) is 13.2 Å². The Morgan fingerprint density at radius 2 is 0.933 bits per heavy atom. The number of hydrogen-bond acceptors (Lipinski definition) is 2. The standard InChI is InChI=1S/C8H18O2.CH4.2CH3.2Y/c1-3-5-9-7-8-10-6-4-2;;;;;/h3-8H2,1-2H3;1H4;2*1H3;;/q;;2*-1;;. The Morgan fingerprint density at radius 3 is 1.13 bits per heavy atom. The molecular weight excluding hydrogens is 342 g/mol. The van der Waals surface area contributed by atoms with Gasteiger partial charge in [-0.3, -0.25) is 0 Å². The molecule has 15 heavy (non-hydrogen) atoms. The zero-order valence-corrected chi connectivity index (χ0v) is 15.9. The molecule has 4 heteroatoms. The first-order chi connectivity index (χ1) is 4.91. The van der Waals surface area contributed by atoms with E-state index in [1.807, 2.05) is 0 Å². The Balaban J connectivity index is -0.0000000405. The Labute approximate surface area is 148 Å². The smallest absolute Gasteiger partial charge is 0.0700 e. The number of rotatable bonds is 7. The first-order valence-corrected chi connectivity index (χ1v) is 4.07. The minimum absolute atomic E-state index is 0. The van der Waals surface area contributed by atoms with E-state index in [9.17, 15) is 0 Å². The Bertz CT molecular complexity index is 56.5. The fraction of sp³-hybridized carbons (Fsp3) is 0.818. The van der Waals surface area contributed by atoms with Crippen LogP contribution in [0.25, 0.3) is 0 Å². The molecule has 2 radical (unpaired) electrons. The first-order valence-electron chi connectivity index (χ1n) is 4.07. The van der Waals surface area contributed by atoms with Gasteiger partial charge in [-0.15, -0.1) is 0 Å². The van der Waals surface area contributed by atoms with Crippen LogP contribution >= 0.6 is 0 Å². The van der Waals surface area contributed by atoms with Crippen LogP contribution in [0.3, 0.4) is 0 Å². The van der Waals surface area contributed by atoms with Crippen LogP contribution in [-0.4, -0.2) is 26.4 Å². The van der Waals surface area contributed by atoms with Crippen molar-refractivity contribution < 1.29 is 74.9 Å². The molecule has 0 N–H and O–H groups in total. The van der Waals surface area contributed by atoms with E-state index in [1.165, 1.54) is 0 Å². The van der Waals surface area contributed by atoms with Crippen LogP contribution in [0.2, 0.25) is 0 Å². The number of ether oxygens (including phenoxy) is 2. The molecule has 0 aromatic rings. The molecule has 0 rings (SSSR count). The Kier molecular flexibility index (Phi) is 86.3. The van der Waals surface area contributed by atoms with Gasteiger partial charge in [-0.1, -0.05) is 21.3 Å². The summed E-state index contributed by atoms with van der Waals surface area (Å²) in [5.41, 5.74) is 0. The molecule has 0 aliphatic heterocycles. The molecule has 0 saturated carbocycles. The van der Waals surface area contributed by atoms with Gasteiger partial charge in [0.1, 0.15) is 0 Å². The molecule has 0 amide bonds. The maximum absolute atomic E-state index is 5.20. The summed E-state index contributed by atoms with van der Waals surface area (Å²) < 4.78 is 10.4. The van der Waals surface area contributed by atoms with E-state index in [2.05, 4.69) is 13.8 Å². The molecule has 0 aliphatic carbocycles. The second-order valence-corrected chi connectivity index (χ2v) is 2.22. The van der Waals surface area contributed by atoms with E-state index in [0.717, 1.165) is 39.3 Å². The molecule has 0 heterocycles. The van der Waals surface area contributed by atoms with Crippen LogP contribution in [0.15, 0.2) is 0 Å².